The molecule has 9 heavy (non-hydrogen) atoms. The van der Waals surface area contributed by atoms with Crippen molar-refractivity contribution in [3.05, 3.63) is 18.2 Å². The number of rotatable bonds is 0. The highest BCUT2D eigenvalue weighted by Crippen LogP contribution is 1.91. The fraction of sp³-hybridized carbons (Fsp3) is 0.333. The monoisotopic (exact) mass is 124 g/mol. The lowest BCUT2D eigenvalue weighted by Crippen LogP contribution is -2.00. The molecular weight excluding hydrogens is 116 g/mol. The van der Waals surface area contributed by atoms with Gasteiger partial charge in [-0.3, -0.25) is 9.36 Å². The summed E-state index contributed by atoms with van der Waals surface area (Å²) in [5, 5.41) is 0. The van der Waals surface area contributed by atoms with Crippen LogP contribution in [0.3, 0.4) is 0 Å². The molecule has 0 fully saturated rings. The summed E-state index contributed by atoms with van der Waals surface area (Å²) in [5.74, 6) is -0.00407. The van der Waals surface area contributed by atoms with Crippen molar-refractivity contribution in [1.82, 2.24) is 9.55 Å². The van der Waals surface area contributed by atoms with E-state index < -0.39 is 0 Å². The van der Waals surface area contributed by atoms with Crippen molar-refractivity contribution in [1.29, 1.82) is 0 Å². The predicted molar refractivity (Wildman–Crippen MR) is 33.3 cm³/mol. The molecule has 1 rings (SSSR count). The van der Waals surface area contributed by atoms with Gasteiger partial charge in [-0.15, -0.1) is 0 Å². The van der Waals surface area contributed by atoms with Gasteiger partial charge in [0.05, 0.1) is 5.69 Å². The van der Waals surface area contributed by atoms with Gasteiger partial charge >= 0.3 is 0 Å². The Morgan fingerprint density at radius 1 is 1.78 bits per heavy atom. The van der Waals surface area contributed by atoms with Gasteiger partial charge in [-0.1, -0.05) is 0 Å². The van der Waals surface area contributed by atoms with Crippen LogP contribution in [0.5, 0.6) is 0 Å². The van der Waals surface area contributed by atoms with Gasteiger partial charge in [0, 0.05) is 13.1 Å². The van der Waals surface area contributed by atoms with Crippen LogP contribution >= 0.6 is 0 Å². The van der Waals surface area contributed by atoms with Gasteiger partial charge in [0.15, 0.2) is 0 Å². The smallest absolute Gasteiger partial charge is 0.228 e. The van der Waals surface area contributed by atoms with Gasteiger partial charge < -0.3 is 0 Å². The third-order valence-electron chi connectivity index (χ3n) is 1.08. The molecule has 0 radical (unpaired) electrons. The normalized spacial score (nSPS) is 9.56. The van der Waals surface area contributed by atoms with Crippen molar-refractivity contribution in [2.45, 2.75) is 13.8 Å². The molecular formula is C6H8N2O. The first-order valence-electron chi connectivity index (χ1n) is 2.71. The van der Waals surface area contributed by atoms with Crippen molar-refractivity contribution in [3.63, 3.8) is 0 Å². The number of carbonyl (C=O) groups excluding carboxylic acids is 1. The van der Waals surface area contributed by atoms with Crippen molar-refractivity contribution >= 4 is 5.91 Å². The quantitative estimate of drug-likeness (QED) is 0.514. The molecule has 0 aliphatic rings. The van der Waals surface area contributed by atoms with Crippen LogP contribution in [0, 0.1) is 6.92 Å². The molecule has 1 aromatic rings. The van der Waals surface area contributed by atoms with E-state index in [0.29, 0.717) is 0 Å². The fourth-order valence-corrected chi connectivity index (χ4v) is 0.593. The van der Waals surface area contributed by atoms with E-state index in [0.717, 1.165) is 5.69 Å². The van der Waals surface area contributed by atoms with Crippen LogP contribution < -0.4 is 0 Å². The van der Waals surface area contributed by atoms with Crippen molar-refractivity contribution in [2.75, 3.05) is 0 Å². The Balaban J connectivity index is 2.98. The molecule has 0 aliphatic heterocycles. The number of hydrogen-bond donors (Lipinski definition) is 0. The van der Waals surface area contributed by atoms with E-state index >= 15 is 0 Å². The molecule has 0 amide bonds. The zero-order valence-corrected chi connectivity index (χ0v) is 5.46. The standard InChI is InChI=1S/C6H8N2O/c1-5-3-8(4-7-5)6(2)9/h3-4H,1-2H3. The minimum absolute atomic E-state index is 0.00407. The molecule has 3 heteroatoms. The number of carbonyl (C=O) groups is 1. The molecule has 0 N–H and O–H groups in total. The summed E-state index contributed by atoms with van der Waals surface area (Å²) in [4.78, 5) is 14.5. The highest BCUT2D eigenvalue weighted by atomic mass is 16.1. The molecule has 48 valence electrons. The first kappa shape index (κ1) is 6.01. The van der Waals surface area contributed by atoms with E-state index in [-0.39, 0.29) is 5.91 Å². The summed E-state index contributed by atoms with van der Waals surface area (Å²) in [5.41, 5.74) is 0.866. The zero-order chi connectivity index (χ0) is 6.85. The number of imidazole rings is 1. The first-order chi connectivity index (χ1) is 4.20. The van der Waals surface area contributed by atoms with Crippen molar-refractivity contribution in [2.24, 2.45) is 0 Å². The van der Waals surface area contributed by atoms with Crippen molar-refractivity contribution in [3.8, 4) is 0 Å². The van der Waals surface area contributed by atoms with Crippen LogP contribution in [-0.2, 0) is 0 Å². The molecule has 1 aromatic heterocycles. The lowest BCUT2D eigenvalue weighted by molar-refractivity contribution is 0.0936. The molecule has 0 unspecified atom stereocenters. The maximum atomic E-state index is 10.6. The Labute approximate surface area is 53.3 Å². The molecule has 0 spiro atoms. The largest absolute Gasteiger partial charge is 0.276 e. The van der Waals surface area contributed by atoms with Crippen LogP contribution in [0.2, 0.25) is 0 Å². The zero-order valence-electron chi connectivity index (χ0n) is 5.46. The number of nitrogens with zero attached hydrogens (tertiary/aromatic N) is 2. The Bertz CT molecular complexity index is 227. The molecule has 3 nitrogen and oxygen atoms in total. The first-order valence-corrected chi connectivity index (χ1v) is 2.71. The molecule has 0 atom stereocenters. The number of hydrogen-bond acceptors (Lipinski definition) is 2. The predicted octanol–water partition coefficient (Wildman–Crippen LogP) is 0.852. The molecule has 0 bridgehead atoms. The van der Waals surface area contributed by atoms with E-state index in [1.54, 1.807) is 6.20 Å². The summed E-state index contributed by atoms with van der Waals surface area (Å²) in [7, 11) is 0. The maximum absolute atomic E-state index is 10.6. The average Bonchev–Trinajstić information content (AvgIpc) is 2.14. The second kappa shape index (κ2) is 2.01. The third-order valence-corrected chi connectivity index (χ3v) is 1.08. The van der Waals surface area contributed by atoms with Gasteiger partial charge in [-0.2, -0.15) is 0 Å². The molecule has 0 saturated carbocycles. The van der Waals surface area contributed by atoms with Crippen LogP contribution in [0.25, 0.3) is 0 Å². The molecule has 0 saturated heterocycles. The second-order valence-electron chi connectivity index (χ2n) is 1.94. The fourth-order valence-electron chi connectivity index (χ4n) is 0.593. The summed E-state index contributed by atoms with van der Waals surface area (Å²) in [6, 6.07) is 0. The molecule has 0 aliphatic carbocycles. The van der Waals surface area contributed by atoms with Crippen LogP contribution in [0.1, 0.15) is 17.4 Å². The van der Waals surface area contributed by atoms with E-state index in [1.165, 1.54) is 17.8 Å². The van der Waals surface area contributed by atoms with Crippen LogP contribution in [0.4, 0.5) is 0 Å². The van der Waals surface area contributed by atoms with Gasteiger partial charge in [-0.25, -0.2) is 4.98 Å². The Kier molecular flexibility index (Phi) is 1.34. The lowest BCUT2D eigenvalue weighted by Gasteiger charge is -1.88. The second-order valence-corrected chi connectivity index (χ2v) is 1.94. The summed E-state index contributed by atoms with van der Waals surface area (Å²) in [6.07, 6.45) is 3.21. The Morgan fingerprint density at radius 2 is 2.44 bits per heavy atom. The van der Waals surface area contributed by atoms with Gasteiger partial charge in [-0.05, 0) is 6.92 Å². The van der Waals surface area contributed by atoms with Crippen molar-refractivity contribution < 1.29 is 4.79 Å². The Morgan fingerprint density at radius 3 is 2.67 bits per heavy atom. The van der Waals surface area contributed by atoms with Gasteiger partial charge in [0.25, 0.3) is 0 Å². The topological polar surface area (TPSA) is 34.9 Å². The summed E-state index contributed by atoms with van der Waals surface area (Å²) in [6.45, 7) is 3.35. The average molecular weight is 124 g/mol. The number of aromatic nitrogens is 2. The van der Waals surface area contributed by atoms with Crippen LogP contribution in [0.15, 0.2) is 12.5 Å². The van der Waals surface area contributed by atoms with Crippen LogP contribution in [-0.4, -0.2) is 15.5 Å². The van der Waals surface area contributed by atoms with E-state index in [4.69, 9.17) is 0 Å². The summed E-state index contributed by atoms with van der Waals surface area (Å²) >= 11 is 0. The highest BCUT2D eigenvalue weighted by Gasteiger charge is 1.95. The minimum atomic E-state index is -0.00407. The highest BCUT2D eigenvalue weighted by molar-refractivity contribution is 5.75. The van der Waals surface area contributed by atoms with E-state index in [1.807, 2.05) is 6.92 Å². The lowest BCUT2D eigenvalue weighted by atomic mass is 10.5. The van der Waals surface area contributed by atoms with E-state index in [2.05, 4.69) is 4.98 Å². The molecule has 1 heterocycles. The maximum Gasteiger partial charge on any atom is 0.228 e. The van der Waals surface area contributed by atoms with Gasteiger partial charge in [0.1, 0.15) is 6.33 Å². The summed E-state index contributed by atoms with van der Waals surface area (Å²) < 4.78 is 1.45. The van der Waals surface area contributed by atoms with E-state index in [9.17, 15) is 4.79 Å². The van der Waals surface area contributed by atoms with Gasteiger partial charge in [0.2, 0.25) is 5.91 Å². The third kappa shape index (κ3) is 1.16. The minimum Gasteiger partial charge on any atom is -0.276 e. The number of aryl methyl sites for hydroxylation is 1. The SMILES string of the molecule is CC(=O)n1cnc(C)c1. The Hall–Kier alpha value is -1.12. The molecule has 0 aromatic carbocycles.